The maximum atomic E-state index is 5.20. The van der Waals surface area contributed by atoms with Gasteiger partial charge in [0.05, 0.1) is 7.11 Å². The zero-order chi connectivity index (χ0) is 13.1. The Labute approximate surface area is 114 Å². The number of fused-ring (bicyclic) bond motifs is 1. The summed E-state index contributed by atoms with van der Waals surface area (Å²) < 4.78 is 5.20. The van der Waals surface area contributed by atoms with Crippen molar-refractivity contribution in [3.63, 3.8) is 0 Å². The van der Waals surface area contributed by atoms with E-state index in [2.05, 4.69) is 41.7 Å². The highest BCUT2D eigenvalue weighted by Crippen LogP contribution is 2.26. The molecular formula is C17H19NO. The van der Waals surface area contributed by atoms with Crippen molar-refractivity contribution in [2.45, 2.75) is 18.9 Å². The molecule has 3 rings (SSSR count). The minimum atomic E-state index is 0.429. The molecule has 0 spiro atoms. The van der Waals surface area contributed by atoms with E-state index >= 15 is 0 Å². The highest BCUT2D eigenvalue weighted by atomic mass is 16.5. The summed E-state index contributed by atoms with van der Waals surface area (Å²) >= 11 is 0. The van der Waals surface area contributed by atoms with Gasteiger partial charge in [0.1, 0.15) is 5.75 Å². The van der Waals surface area contributed by atoms with Crippen LogP contribution in [0, 0.1) is 0 Å². The molecule has 2 heteroatoms. The summed E-state index contributed by atoms with van der Waals surface area (Å²) in [6.45, 7) is 1.07. The van der Waals surface area contributed by atoms with E-state index in [-0.39, 0.29) is 0 Å². The lowest BCUT2D eigenvalue weighted by Gasteiger charge is -2.27. The summed E-state index contributed by atoms with van der Waals surface area (Å²) in [5.74, 6) is 0.917. The highest BCUT2D eigenvalue weighted by molar-refractivity contribution is 5.35. The predicted molar refractivity (Wildman–Crippen MR) is 77.6 cm³/mol. The maximum absolute atomic E-state index is 5.20. The van der Waals surface area contributed by atoms with Gasteiger partial charge in [-0.1, -0.05) is 36.4 Å². The van der Waals surface area contributed by atoms with E-state index in [0.29, 0.717) is 6.04 Å². The van der Waals surface area contributed by atoms with Crippen molar-refractivity contribution in [1.29, 1.82) is 0 Å². The van der Waals surface area contributed by atoms with E-state index in [1.54, 1.807) is 7.11 Å². The molecule has 0 saturated heterocycles. The first-order valence-corrected chi connectivity index (χ1v) is 6.81. The molecule has 0 aliphatic carbocycles. The minimum absolute atomic E-state index is 0.429. The van der Waals surface area contributed by atoms with Crippen LogP contribution in [0.15, 0.2) is 48.5 Å². The first kappa shape index (κ1) is 12.2. The highest BCUT2D eigenvalue weighted by Gasteiger charge is 2.19. The smallest absolute Gasteiger partial charge is 0.118 e. The Bertz CT molecular complexity index is 547. The second-order valence-electron chi connectivity index (χ2n) is 5.01. The standard InChI is InChI=1S/C17H19NO/c1-19-15-8-6-13(7-9-15)12-17-16-5-3-2-4-14(16)10-11-18-17/h2-9,17-18H,10-12H2,1H3. The fraction of sp³-hybridized carbons (Fsp3) is 0.294. The summed E-state index contributed by atoms with van der Waals surface area (Å²) in [6, 6.07) is 17.6. The van der Waals surface area contributed by atoms with Gasteiger partial charge in [0.15, 0.2) is 0 Å². The fourth-order valence-electron chi connectivity index (χ4n) is 2.77. The van der Waals surface area contributed by atoms with Crippen molar-refractivity contribution >= 4 is 0 Å². The van der Waals surface area contributed by atoms with Crippen molar-refractivity contribution in [1.82, 2.24) is 5.32 Å². The van der Waals surface area contributed by atoms with Gasteiger partial charge in [-0.05, 0) is 48.2 Å². The molecule has 2 nitrogen and oxygen atoms in total. The first-order chi connectivity index (χ1) is 9.36. The topological polar surface area (TPSA) is 21.3 Å². The van der Waals surface area contributed by atoms with E-state index in [0.717, 1.165) is 25.1 Å². The van der Waals surface area contributed by atoms with Gasteiger partial charge in [-0.15, -0.1) is 0 Å². The van der Waals surface area contributed by atoms with Crippen LogP contribution in [0.5, 0.6) is 5.75 Å². The Balaban J connectivity index is 1.80. The molecule has 1 N–H and O–H groups in total. The number of rotatable bonds is 3. The molecule has 0 bridgehead atoms. The Kier molecular flexibility index (Phi) is 3.51. The lowest BCUT2D eigenvalue weighted by Crippen LogP contribution is -2.31. The monoisotopic (exact) mass is 253 g/mol. The van der Waals surface area contributed by atoms with Crippen molar-refractivity contribution in [2.75, 3.05) is 13.7 Å². The quantitative estimate of drug-likeness (QED) is 0.907. The lowest BCUT2D eigenvalue weighted by molar-refractivity contribution is 0.414. The third-order valence-electron chi connectivity index (χ3n) is 3.81. The molecule has 0 aromatic heterocycles. The number of nitrogens with one attached hydrogen (secondary N) is 1. The zero-order valence-electron chi connectivity index (χ0n) is 11.2. The molecular weight excluding hydrogens is 234 g/mol. The molecule has 0 radical (unpaired) electrons. The lowest BCUT2D eigenvalue weighted by atomic mass is 9.90. The molecule has 1 atom stereocenters. The van der Waals surface area contributed by atoms with Crippen LogP contribution in [0.3, 0.4) is 0 Å². The zero-order valence-corrected chi connectivity index (χ0v) is 11.2. The van der Waals surface area contributed by atoms with Crippen molar-refractivity contribution in [3.05, 3.63) is 65.2 Å². The summed E-state index contributed by atoms with van der Waals surface area (Å²) in [6.07, 6.45) is 2.16. The molecule has 2 aromatic rings. The van der Waals surface area contributed by atoms with Crippen LogP contribution in [-0.4, -0.2) is 13.7 Å². The van der Waals surface area contributed by atoms with E-state index < -0.39 is 0 Å². The number of hydrogen-bond donors (Lipinski definition) is 1. The molecule has 1 unspecified atom stereocenters. The van der Waals surface area contributed by atoms with Gasteiger partial charge in [0.2, 0.25) is 0 Å². The van der Waals surface area contributed by atoms with Gasteiger partial charge in [-0.2, -0.15) is 0 Å². The Morgan fingerprint density at radius 2 is 1.89 bits per heavy atom. The Morgan fingerprint density at radius 1 is 1.11 bits per heavy atom. The van der Waals surface area contributed by atoms with Gasteiger partial charge in [0.25, 0.3) is 0 Å². The second kappa shape index (κ2) is 5.45. The number of methoxy groups -OCH3 is 1. The normalized spacial score (nSPS) is 17.8. The third kappa shape index (κ3) is 2.64. The van der Waals surface area contributed by atoms with Gasteiger partial charge in [-0.3, -0.25) is 0 Å². The van der Waals surface area contributed by atoms with Crippen LogP contribution in [0.2, 0.25) is 0 Å². The van der Waals surface area contributed by atoms with Gasteiger partial charge in [0, 0.05) is 6.04 Å². The summed E-state index contributed by atoms with van der Waals surface area (Å²) in [7, 11) is 1.70. The molecule has 0 fully saturated rings. The average Bonchev–Trinajstić information content (AvgIpc) is 2.48. The Morgan fingerprint density at radius 3 is 2.68 bits per heavy atom. The predicted octanol–water partition coefficient (Wildman–Crippen LogP) is 3.12. The van der Waals surface area contributed by atoms with Gasteiger partial charge < -0.3 is 10.1 Å². The van der Waals surface area contributed by atoms with Crippen LogP contribution in [0.1, 0.15) is 22.7 Å². The molecule has 1 heterocycles. The van der Waals surface area contributed by atoms with Gasteiger partial charge >= 0.3 is 0 Å². The second-order valence-corrected chi connectivity index (χ2v) is 5.01. The Hall–Kier alpha value is -1.80. The number of benzene rings is 2. The molecule has 19 heavy (non-hydrogen) atoms. The average molecular weight is 253 g/mol. The van der Waals surface area contributed by atoms with Gasteiger partial charge in [-0.25, -0.2) is 0 Å². The van der Waals surface area contributed by atoms with Crippen molar-refractivity contribution in [2.24, 2.45) is 0 Å². The summed E-state index contributed by atoms with van der Waals surface area (Å²) in [5.41, 5.74) is 4.28. The number of hydrogen-bond acceptors (Lipinski definition) is 2. The van der Waals surface area contributed by atoms with Crippen molar-refractivity contribution < 1.29 is 4.74 Å². The van der Waals surface area contributed by atoms with E-state index in [1.807, 2.05) is 12.1 Å². The molecule has 2 aromatic carbocycles. The van der Waals surface area contributed by atoms with E-state index in [4.69, 9.17) is 4.74 Å². The molecule has 1 aliphatic heterocycles. The van der Waals surface area contributed by atoms with Crippen molar-refractivity contribution in [3.8, 4) is 5.75 Å². The maximum Gasteiger partial charge on any atom is 0.118 e. The molecule has 98 valence electrons. The van der Waals surface area contributed by atoms with Crippen LogP contribution >= 0.6 is 0 Å². The minimum Gasteiger partial charge on any atom is -0.497 e. The molecule has 1 aliphatic rings. The SMILES string of the molecule is COc1ccc(CC2NCCc3ccccc32)cc1. The van der Waals surface area contributed by atoms with Crippen LogP contribution in [-0.2, 0) is 12.8 Å². The van der Waals surface area contributed by atoms with Crippen LogP contribution in [0.25, 0.3) is 0 Å². The van der Waals surface area contributed by atoms with Crippen LogP contribution < -0.4 is 10.1 Å². The fourth-order valence-corrected chi connectivity index (χ4v) is 2.77. The molecule has 0 amide bonds. The first-order valence-electron chi connectivity index (χ1n) is 6.81. The van der Waals surface area contributed by atoms with E-state index in [9.17, 15) is 0 Å². The van der Waals surface area contributed by atoms with E-state index in [1.165, 1.54) is 16.7 Å². The third-order valence-corrected chi connectivity index (χ3v) is 3.81. The van der Waals surface area contributed by atoms with Crippen LogP contribution in [0.4, 0.5) is 0 Å². The molecule has 0 saturated carbocycles. The number of ether oxygens (including phenoxy) is 1. The largest absolute Gasteiger partial charge is 0.497 e. The summed E-state index contributed by atoms with van der Waals surface area (Å²) in [5, 5.41) is 3.62. The summed E-state index contributed by atoms with van der Waals surface area (Å²) in [4.78, 5) is 0.